The molecule has 2 saturated carbocycles. The first-order valence-corrected chi connectivity index (χ1v) is 12.4. The first-order chi connectivity index (χ1) is 14.6. The zero-order valence-corrected chi connectivity index (χ0v) is 19.4. The van der Waals surface area contributed by atoms with E-state index >= 15 is 0 Å². The monoisotopic (exact) mass is 428 g/mol. The Hall–Kier alpha value is -0.310. The van der Waals surface area contributed by atoms with Crippen LogP contribution in [0.15, 0.2) is 0 Å². The second-order valence-electron chi connectivity index (χ2n) is 9.41. The van der Waals surface area contributed by atoms with Crippen LogP contribution in [0.1, 0.15) is 58.8 Å². The van der Waals surface area contributed by atoms with Gasteiger partial charge in [0.1, 0.15) is 12.5 Å². The summed E-state index contributed by atoms with van der Waals surface area (Å²) in [5, 5.41) is 11.0. The summed E-state index contributed by atoms with van der Waals surface area (Å²) < 4.78 is 25.6. The van der Waals surface area contributed by atoms with Crippen molar-refractivity contribution in [3.63, 3.8) is 0 Å². The summed E-state index contributed by atoms with van der Waals surface area (Å²) in [7, 11) is 1.63. The van der Waals surface area contributed by atoms with Crippen molar-refractivity contribution in [1.82, 2.24) is 20.9 Å². The van der Waals surface area contributed by atoms with Gasteiger partial charge in [0.05, 0.1) is 18.8 Å². The number of ether oxygens (including phenoxy) is 2. The van der Waals surface area contributed by atoms with E-state index in [4.69, 9.17) is 9.47 Å². The average Bonchev–Trinajstić information content (AvgIpc) is 2.78. The van der Waals surface area contributed by atoms with Crippen molar-refractivity contribution in [2.45, 2.75) is 89.5 Å². The molecule has 0 amide bonds. The Morgan fingerprint density at radius 3 is 2.27 bits per heavy atom. The summed E-state index contributed by atoms with van der Waals surface area (Å²) in [4.78, 5) is 2.41. The number of nitrogens with zero attached hydrogens (tertiary/aromatic N) is 1. The Morgan fingerprint density at radius 1 is 0.967 bits per heavy atom. The van der Waals surface area contributed by atoms with Gasteiger partial charge >= 0.3 is 0 Å². The topological polar surface area (TPSA) is 57.8 Å². The van der Waals surface area contributed by atoms with E-state index in [1.54, 1.807) is 7.11 Å². The molecule has 1 aliphatic heterocycles. The molecule has 0 radical (unpaired) electrons. The largest absolute Gasteiger partial charge is 0.378 e. The Bertz CT molecular complexity index is 466. The number of halogens is 1. The molecule has 6 nitrogen and oxygen atoms in total. The van der Waals surface area contributed by atoms with E-state index in [0.29, 0.717) is 30.4 Å². The fourth-order valence-corrected chi connectivity index (χ4v) is 5.47. The number of rotatable bonds is 10. The van der Waals surface area contributed by atoms with Crippen LogP contribution in [-0.2, 0) is 9.47 Å². The molecule has 1 heterocycles. The molecule has 0 aromatic carbocycles. The predicted octanol–water partition coefficient (Wildman–Crippen LogP) is 2.49. The van der Waals surface area contributed by atoms with E-state index < -0.39 is 6.17 Å². The summed E-state index contributed by atoms with van der Waals surface area (Å²) in [6.45, 7) is 10.4. The van der Waals surface area contributed by atoms with Gasteiger partial charge in [0.15, 0.2) is 0 Å². The zero-order valence-electron chi connectivity index (χ0n) is 19.4. The van der Waals surface area contributed by atoms with Crippen LogP contribution in [0.3, 0.4) is 0 Å². The van der Waals surface area contributed by atoms with Crippen LogP contribution in [0, 0.1) is 11.8 Å². The average molecular weight is 429 g/mol. The summed E-state index contributed by atoms with van der Waals surface area (Å²) >= 11 is 0. The maximum absolute atomic E-state index is 14.2. The summed E-state index contributed by atoms with van der Waals surface area (Å²) in [5.41, 5.74) is 0. The molecule has 0 aromatic rings. The fraction of sp³-hybridized carbons (Fsp3) is 1.00. The van der Waals surface area contributed by atoms with Crippen molar-refractivity contribution >= 4 is 0 Å². The van der Waals surface area contributed by atoms with Crippen molar-refractivity contribution < 1.29 is 13.9 Å². The lowest BCUT2D eigenvalue weighted by atomic mass is 9.77. The maximum atomic E-state index is 14.2. The van der Waals surface area contributed by atoms with Gasteiger partial charge in [-0.25, -0.2) is 4.39 Å². The summed E-state index contributed by atoms with van der Waals surface area (Å²) in [6.07, 6.45) is 6.78. The van der Waals surface area contributed by atoms with Crippen molar-refractivity contribution in [3.8, 4) is 0 Å². The second-order valence-corrected chi connectivity index (χ2v) is 9.41. The van der Waals surface area contributed by atoms with Gasteiger partial charge in [-0.15, -0.1) is 0 Å². The third kappa shape index (κ3) is 7.10. The standard InChI is InChI=1S/C23H45FN4O2/c1-4-28(5-2)12-13-30-20-9-7-19(8-10-20)27-23-25-15-18(16-26-23)17-6-11-22(29-3)21(24)14-17/h17-23,25-27H,4-16H2,1-3H3. The molecule has 3 fully saturated rings. The van der Waals surface area contributed by atoms with Gasteiger partial charge in [0, 0.05) is 32.8 Å². The minimum Gasteiger partial charge on any atom is -0.378 e. The maximum Gasteiger partial charge on any atom is 0.126 e. The molecule has 0 aromatic heterocycles. The van der Waals surface area contributed by atoms with Gasteiger partial charge in [-0.1, -0.05) is 13.8 Å². The van der Waals surface area contributed by atoms with Crippen LogP contribution in [0.5, 0.6) is 0 Å². The third-order valence-electron chi connectivity index (χ3n) is 7.62. The van der Waals surface area contributed by atoms with Gasteiger partial charge < -0.3 is 14.4 Å². The van der Waals surface area contributed by atoms with Crippen LogP contribution < -0.4 is 16.0 Å². The highest BCUT2D eigenvalue weighted by Crippen LogP contribution is 2.33. The molecule has 3 atom stereocenters. The van der Waals surface area contributed by atoms with Crippen molar-refractivity contribution in [2.24, 2.45) is 11.8 Å². The fourth-order valence-electron chi connectivity index (χ4n) is 5.47. The highest BCUT2D eigenvalue weighted by Gasteiger charge is 2.36. The van der Waals surface area contributed by atoms with Gasteiger partial charge in [-0.05, 0) is 69.9 Å². The number of hydrogen-bond donors (Lipinski definition) is 3. The summed E-state index contributed by atoms with van der Waals surface area (Å²) in [6, 6.07) is 0.543. The quantitative estimate of drug-likeness (QED) is 0.497. The van der Waals surface area contributed by atoms with Gasteiger partial charge in [0.2, 0.25) is 0 Å². The zero-order chi connectivity index (χ0) is 21.3. The predicted molar refractivity (Wildman–Crippen MR) is 119 cm³/mol. The van der Waals surface area contributed by atoms with E-state index in [0.717, 1.165) is 65.0 Å². The smallest absolute Gasteiger partial charge is 0.126 e. The SMILES string of the molecule is CCN(CC)CCOC1CCC(NC2NCC(C3CCC(OC)C(F)C3)CN2)CC1. The molecule has 3 unspecified atom stereocenters. The molecule has 176 valence electrons. The first-order valence-electron chi connectivity index (χ1n) is 12.4. The number of methoxy groups -OCH3 is 1. The molecular weight excluding hydrogens is 383 g/mol. The lowest BCUT2D eigenvalue weighted by Gasteiger charge is -2.41. The lowest BCUT2D eigenvalue weighted by Crippen LogP contribution is -2.63. The van der Waals surface area contributed by atoms with E-state index in [1.165, 1.54) is 12.8 Å². The van der Waals surface area contributed by atoms with E-state index in [2.05, 4.69) is 34.7 Å². The number of nitrogens with one attached hydrogen (secondary N) is 3. The Kier molecular flexibility index (Phi) is 10.3. The Balaban J connectivity index is 1.28. The molecule has 3 N–H and O–H groups in total. The molecule has 7 heteroatoms. The molecule has 2 aliphatic carbocycles. The van der Waals surface area contributed by atoms with Crippen LogP contribution >= 0.6 is 0 Å². The molecule has 3 rings (SSSR count). The number of likely N-dealkylation sites (N-methyl/N-ethyl adjacent to an activating group) is 1. The van der Waals surface area contributed by atoms with Gasteiger partial charge in [-0.2, -0.15) is 0 Å². The van der Waals surface area contributed by atoms with Gasteiger partial charge in [-0.3, -0.25) is 16.0 Å². The second kappa shape index (κ2) is 12.7. The minimum absolute atomic E-state index is 0.169. The Labute approximate surface area is 183 Å². The van der Waals surface area contributed by atoms with E-state index in [9.17, 15) is 4.39 Å². The van der Waals surface area contributed by atoms with Crippen LogP contribution in [-0.4, -0.2) is 82.1 Å². The highest BCUT2D eigenvalue weighted by atomic mass is 19.1. The highest BCUT2D eigenvalue weighted by molar-refractivity contribution is 4.89. The normalized spacial score (nSPS) is 38.1. The number of alkyl halides is 1. The molecule has 0 bridgehead atoms. The van der Waals surface area contributed by atoms with Crippen molar-refractivity contribution in [3.05, 3.63) is 0 Å². The van der Waals surface area contributed by atoms with Gasteiger partial charge in [0.25, 0.3) is 0 Å². The first kappa shape index (κ1) is 24.3. The van der Waals surface area contributed by atoms with E-state index in [-0.39, 0.29) is 12.4 Å². The Morgan fingerprint density at radius 2 is 1.67 bits per heavy atom. The molecule has 1 saturated heterocycles. The van der Waals surface area contributed by atoms with Crippen molar-refractivity contribution in [1.29, 1.82) is 0 Å². The van der Waals surface area contributed by atoms with Crippen LogP contribution in [0.2, 0.25) is 0 Å². The molecule has 3 aliphatic rings. The third-order valence-corrected chi connectivity index (χ3v) is 7.62. The molecular formula is C23H45FN4O2. The summed E-state index contributed by atoms with van der Waals surface area (Å²) in [5.74, 6) is 0.963. The molecule has 0 spiro atoms. The minimum atomic E-state index is -0.811. The van der Waals surface area contributed by atoms with Crippen LogP contribution in [0.25, 0.3) is 0 Å². The molecule has 30 heavy (non-hydrogen) atoms. The van der Waals surface area contributed by atoms with E-state index in [1.807, 2.05) is 0 Å². The lowest BCUT2D eigenvalue weighted by molar-refractivity contribution is -0.0208. The van der Waals surface area contributed by atoms with Crippen molar-refractivity contribution in [2.75, 3.05) is 46.4 Å². The van der Waals surface area contributed by atoms with Crippen LogP contribution in [0.4, 0.5) is 4.39 Å². The number of hydrogen-bond acceptors (Lipinski definition) is 6.